The Hall–Kier alpha value is -1.74. The highest BCUT2D eigenvalue weighted by molar-refractivity contribution is 7.80. The van der Waals surface area contributed by atoms with Gasteiger partial charge in [-0.05, 0) is 32.4 Å². The first kappa shape index (κ1) is 22.5. The fraction of sp³-hybridized carbons (Fsp3) is 0.450. The molecule has 2 unspecified atom stereocenters. The zero-order valence-corrected chi connectivity index (χ0v) is 18.5. The van der Waals surface area contributed by atoms with Gasteiger partial charge in [-0.1, -0.05) is 49.5 Å². The van der Waals surface area contributed by atoms with Crippen molar-refractivity contribution >= 4 is 29.9 Å². The molecule has 8 heteroatoms. The number of benzene rings is 1. The normalized spacial score (nSPS) is 14.2. The van der Waals surface area contributed by atoms with E-state index in [1.54, 1.807) is 25.3 Å². The second kappa shape index (κ2) is 10.2. The number of hydrogen-bond donors (Lipinski definition) is 2. The molecule has 0 saturated carbocycles. The van der Waals surface area contributed by atoms with Crippen LogP contribution in [0, 0.1) is 0 Å². The summed E-state index contributed by atoms with van der Waals surface area (Å²) < 4.78 is 5.42. The summed E-state index contributed by atoms with van der Waals surface area (Å²) in [5.41, 5.74) is 2.79. The quantitative estimate of drug-likeness (QED) is 0.354. The van der Waals surface area contributed by atoms with Crippen molar-refractivity contribution in [3.63, 3.8) is 0 Å². The van der Waals surface area contributed by atoms with E-state index >= 15 is 0 Å². The predicted molar refractivity (Wildman–Crippen MR) is 114 cm³/mol. The fourth-order valence-corrected chi connectivity index (χ4v) is 3.77. The van der Waals surface area contributed by atoms with Crippen LogP contribution in [0.1, 0.15) is 60.6 Å². The summed E-state index contributed by atoms with van der Waals surface area (Å²) in [6, 6.07) is 7.02. The van der Waals surface area contributed by atoms with Crippen molar-refractivity contribution in [2.45, 2.75) is 56.6 Å². The lowest BCUT2D eigenvalue weighted by atomic mass is 9.90. The van der Waals surface area contributed by atoms with Gasteiger partial charge in [0.15, 0.2) is 11.1 Å². The Morgan fingerprint density at radius 1 is 1.36 bits per heavy atom. The van der Waals surface area contributed by atoms with Crippen molar-refractivity contribution < 1.29 is 14.4 Å². The summed E-state index contributed by atoms with van der Waals surface area (Å²) in [5.74, 6) is -0.378. The Morgan fingerprint density at radius 2 is 2.07 bits per heavy atom. The van der Waals surface area contributed by atoms with Crippen molar-refractivity contribution in [2.75, 3.05) is 7.11 Å². The topological polar surface area (TPSA) is 73.3 Å². The second-order valence-corrected chi connectivity index (χ2v) is 8.52. The Balaban J connectivity index is 2.16. The summed E-state index contributed by atoms with van der Waals surface area (Å²) in [7, 11) is 1.59. The van der Waals surface area contributed by atoms with Crippen LogP contribution < -0.4 is 5.48 Å². The number of allylic oxidation sites excluding steroid dienone is 2. The van der Waals surface area contributed by atoms with Gasteiger partial charge in [0.25, 0.3) is 5.91 Å². The van der Waals surface area contributed by atoms with E-state index in [0.29, 0.717) is 15.5 Å². The molecule has 0 aliphatic heterocycles. The monoisotopic (exact) mass is 421 g/mol. The molecule has 1 aromatic heterocycles. The second-order valence-electron chi connectivity index (χ2n) is 7.03. The number of carbonyl (C=O) groups is 1. The average Bonchev–Trinajstić information content (AvgIpc) is 3.17. The Labute approximate surface area is 175 Å². The minimum atomic E-state index is -0.579. The lowest BCUT2D eigenvalue weighted by Crippen LogP contribution is -2.31. The third-order valence-electron chi connectivity index (χ3n) is 4.35. The minimum absolute atomic E-state index is 0.141. The number of rotatable bonds is 9. The van der Waals surface area contributed by atoms with Crippen LogP contribution >= 0.6 is 24.0 Å². The Morgan fingerprint density at radius 3 is 2.71 bits per heavy atom. The molecule has 0 bridgehead atoms. The molecule has 0 spiro atoms. The lowest BCUT2D eigenvalue weighted by molar-refractivity contribution is -0.0851. The minimum Gasteiger partial charge on any atom is -0.378 e. The summed E-state index contributed by atoms with van der Waals surface area (Å²) in [5, 5.41) is 10.2. The number of carbonyl (C=O) groups excluding carboxylic acids is 1. The maximum Gasteiger partial charge on any atom is 0.275 e. The zero-order chi connectivity index (χ0) is 20.7. The standard InChI is InChI=1S/C20H27N3O3S2/c1-6-7-12-20(3,4)19-22-21-18(28-19)16(13(2)25-5)26-23-17(24)14-10-8-9-11-15(14)27/h6-11,13,16,27H,12H2,1-5H3,(H,23,24)/b7-6+. The molecular weight excluding hydrogens is 394 g/mol. The number of amides is 1. The van der Waals surface area contributed by atoms with Crippen LogP contribution in [0.15, 0.2) is 41.3 Å². The van der Waals surface area contributed by atoms with Crippen molar-refractivity contribution in [1.29, 1.82) is 0 Å². The first-order chi connectivity index (χ1) is 13.3. The maximum atomic E-state index is 12.4. The number of methoxy groups -OCH3 is 1. The Kier molecular flexibility index (Phi) is 8.18. The van der Waals surface area contributed by atoms with Gasteiger partial charge >= 0.3 is 0 Å². The van der Waals surface area contributed by atoms with E-state index in [1.165, 1.54) is 11.3 Å². The van der Waals surface area contributed by atoms with E-state index in [-0.39, 0.29) is 17.4 Å². The molecule has 152 valence electrons. The molecule has 1 aromatic carbocycles. The van der Waals surface area contributed by atoms with Crippen molar-refractivity contribution in [3.8, 4) is 0 Å². The van der Waals surface area contributed by atoms with Crippen molar-refractivity contribution in [1.82, 2.24) is 15.7 Å². The molecule has 0 fully saturated rings. The van der Waals surface area contributed by atoms with Crippen LogP contribution in [0.3, 0.4) is 0 Å². The molecule has 2 atom stereocenters. The number of hydroxylamine groups is 1. The van der Waals surface area contributed by atoms with Gasteiger partial charge in [0.2, 0.25) is 0 Å². The van der Waals surface area contributed by atoms with Crippen LogP contribution in [0.25, 0.3) is 0 Å². The highest BCUT2D eigenvalue weighted by atomic mass is 32.1. The summed E-state index contributed by atoms with van der Waals surface area (Å²) in [4.78, 5) is 18.7. The Bertz CT molecular complexity index is 821. The first-order valence-corrected chi connectivity index (χ1v) is 10.3. The highest BCUT2D eigenvalue weighted by Gasteiger charge is 2.30. The molecule has 0 aliphatic rings. The van der Waals surface area contributed by atoms with E-state index in [4.69, 9.17) is 9.57 Å². The van der Waals surface area contributed by atoms with Crippen LogP contribution in [-0.2, 0) is 15.0 Å². The van der Waals surface area contributed by atoms with E-state index in [1.807, 2.05) is 26.0 Å². The summed E-state index contributed by atoms with van der Waals surface area (Å²) in [6.07, 6.45) is 4.09. The van der Waals surface area contributed by atoms with Gasteiger partial charge in [0.05, 0.1) is 11.7 Å². The van der Waals surface area contributed by atoms with Crippen LogP contribution in [0.5, 0.6) is 0 Å². The van der Waals surface area contributed by atoms with E-state index < -0.39 is 6.10 Å². The van der Waals surface area contributed by atoms with Gasteiger partial charge in [0, 0.05) is 17.4 Å². The van der Waals surface area contributed by atoms with E-state index in [9.17, 15) is 4.79 Å². The number of nitrogens with zero attached hydrogens (tertiary/aromatic N) is 2. The number of aromatic nitrogens is 2. The summed E-state index contributed by atoms with van der Waals surface area (Å²) >= 11 is 5.77. The molecule has 2 rings (SSSR count). The fourth-order valence-electron chi connectivity index (χ4n) is 2.43. The van der Waals surface area contributed by atoms with Gasteiger partial charge in [-0.15, -0.1) is 22.8 Å². The van der Waals surface area contributed by atoms with Gasteiger partial charge in [-0.2, -0.15) is 0 Å². The number of hydrogen-bond acceptors (Lipinski definition) is 7. The molecule has 2 aromatic rings. The van der Waals surface area contributed by atoms with Gasteiger partial charge in [-0.3, -0.25) is 9.63 Å². The van der Waals surface area contributed by atoms with Gasteiger partial charge in [-0.25, -0.2) is 5.48 Å². The van der Waals surface area contributed by atoms with Crippen LogP contribution in [0.2, 0.25) is 0 Å². The molecule has 1 heterocycles. The highest BCUT2D eigenvalue weighted by Crippen LogP contribution is 2.34. The molecule has 1 N–H and O–H groups in total. The molecule has 1 amide bonds. The van der Waals surface area contributed by atoms with Gasteiger partial charge in [0.1, 0.15) is 5.01 Å². The average molecular weight is 422 g/mol. The van der Waals surface area contributed by atoms with Crippen molar-refractivity contribution in [2.24, 2.45) is 0 Å². The third-order valence-corrected chi connectivity index (χ3v) is 6.09. The third kappa shape index (κ3) is 5.64. The number of thiol groups is 1. The maximum absolute atomic E-state index is 12.4. The number of ether oxygens (including phenoxy) is 1. The lowest BCUT2D eigenvalue weighted by Gasteiger charge is -2.21. The molecule has 0 saturated heterocycles. The SMILES string of the molecule is C/C=C/CC(C)(C)c1nnc(C(ONC(=O)c2ccccc2S)C(C)OC)s1. The molecule has 0 radical (unpaired) electrons. The van der Waals surface area contributed by atoms with Crippen molar-refractivity contribution in [3.05, 3.63) is 52.0 Å². The molecule has 0 aliphatic carbocycles. The van der Waals surface area contributed by atoms with Gasteiger partial charge < -0.3 is 4.74 Å². The zero-order valence-electron chi connectivity index (χ0n) is 16.8. The number of nitrogens with one attached hydrogen (secondary N) is 1. The van der Waals surface area contributed by atoms with Crippen LogP contribution in [0.4, 0.5) is 0 Å². The smallest absolute Gasteiger partial charge is 0.275 e. The molecule has 28 heavy (non-hydrogen) atoms. The van der Waals surface area contributed by atoms with E-state index in [2.05, 4.69) is 48.2 Å². The van der Waals surface area contributed by atoms with Crippen LogP contribution in [-0.4, -0.2) is 29.3 Å². The van der Waals surface area contributed by atoms with E-state index in [0.717, 1.165) is 11.4 Å². The predicted octanol–water partition coefficient (Wildman–Crippen LogP) is 4.51. The molecular formula is C20H27N3O3S2. The largest absolute Gasteiger partial charge is 0.378 e. The first-order valence-electron chi connectivity index (χ1n) is 9.02. The molecule has 6 nitrogen and oxygen atoms in total. The summed E-state index contributed by atoms with van der Waals surface area (Å²) in [6.45, 7) is 8.10.